The van der Waals surface area contributed by atoms with Gasteiger partial charge in [0.2, 0.25) is 0 Å². The second kappa shape index (κ2) is 8.03. The number of carbonyl (C=O) groups is 1. The summed E-state index contributed by atoms with van der Waals surface area (Å²) in [5, 5.41) is 5.53. The minimum atomic E-state index is -3.67. The number of rotatable bonds is 7. The molecule has 0 saturated carbocycles. The van der Waals surface area contributed by atoms with Crippen LogP contribution in [-0.2, 0) is 9.84 Å². The van der Waals surface area contributed by atoms with E-state index in [0.717, 1.165) is 0 Å². The lowest BCUT2D eigenvalue weighted by Crippen LogP contribution is -2.31. The number of benzene rings is 1. The number of ether oxygens (including phenoxy) is 1. The summed E-state index contributed by atoms with van der Waals surface area (Å²) < 4.78 is 31.4. The average Bonchev–Trinajstić information content (AvgIpc) is 3.35. The van der Waals surface area contributed by atoms with Crippen LogP contribution in [0.4, 0.5) is 0 Å². The highest BCUT2D eigenvalue weighted by Crippen LogP contribution is 2.32. The Morgan fingerprint density at radius 1 is 1.08 bits per heavy atom. The number of amides is 1. The summed E-state index contributed by atoms with van der Waals surface area (Å²) in [4.78, 5) is 13.7. The van der Waals surface area contributed by atoms with Crippen LogP contribution < -0.4 is 10.1 Å². The van der Waals surface area contributed by atoms with E-state index in [-0.39, 0.29) is 17.3 Å². The van der Waals surface area contributed by atoms with Crippen molar-refractivity contribution in [1.82, 2.24) is 5.32 Å². The standard InChI is InChI=1S/C18H17NO4S3/c1-23-13-6-8-14(9-7-13)26(21,22)17(15-4-2-10-24-15)12-19-18(20)16-5-3-11-25-16/h2-11,17H,12H2,1H3,(H,19,20)/t17-/m0/s1. The summed E-state index contributed by atoms with van der Waals surface area (Å²) in [6.45, 7) is 0.00556. The number of methoxy groups -OCH3 is 1. The molecule has 0 unspecified atom stereocenters. The van der Waals surface area contributed by atoms with Crippen molar-refractivity contribution in [2.75, 3.05) is 13.7 Å². The summed E-state index contributed by atoms with van der Waals surface area (Å²) in [5.41, 5.74) is 0. The van der Waals surface area contributed by atoms with Gasteiger partial charge in [-0.05, 0) is 47.2 Å². The predicted octanol–water partition coefficient (Wildman–Crippen LogP) is 3.76. The van der Waals surface area contributed by atoms with Crippen molar-refractivity contribution >= 4 is 38.4 Å². The van der Waals surface area contributed by atoms with Crippen molar-refractivity contribution in [3.63, 3.8) is 0 Å². The topological polar surface area (TPSA) is 72.5 Å². The molecule has 0 fully saturated rings. The first-order valence-corrected chi connectivity index (χ1v) is 11.1. The number of hydrogen-bond acceptors (Lipinski definition) is 6. The Morgan fingerprint density at radius 3 is 2.35 bits per heavy atom. The first-order chi connectivity index (χ1) is 12.5. The van der Waals surface area contributed by atoms with Crippen molar-refractivity contribution in [3.8, 4) is 5.75 Å². The zero-order valence-electron chi connectivity index (χ0n) is 13.9. The van der Waals surface area contributed by atoms with Crippen LogP contribution >= 0.6 is 22.7 Å². The van der Waals surface area contributed by atoms with E-state index >= 15 is 0 Å². The quantitative estimate of drug-likeness (QED) is 0.647. The highest BCUT2D eigenvalue weighted by molar-refractivity contribution is 7.91. The maximum atomic E-state index is 13.1. The fourth-order valence-corrected chi connectivity index (χ4v) is 5.87. The van der Waals surface area contributed by atoms with E-state index in [1.165, 1.54) is 41.9 Å². The zero-order chi connectivity index (χ0) is 18.6. The average molecular weight is 408 g/mol. The van der Waals surface area contributed by atoms with E-state index in [4.69, 9.17) is 4.74 Å². The molecule has 0 bridgehead atoms. The van der Waals surface area contributed by atoms with Gasteiger partial charge in [-0.25, -0.2) is 8.42 Å². The molecule has 3 rings (SSSR count). The van der Waals surface area contributed by atoms with Gasteiger partial charge >= 0.3 is 0 Å². The van der Waals surface area contributed by atoms with E-state index in [1.807, 2.05) is 5.38 Å². The minimum absolute atomic E-state index is 0.00556. The molecule has 0 aliphatic heterocycles. The highest BCUT2D eigenvalue weighted by atomic mass is 32.2. The third-order valence-corrected chi connectivity index (χ3v) is 7.92. The number of thiophene rings is 2. The summed E-state index contributed by atoms with van der Waals surface area (Å²) in [7, 11) is -2.14. The normalized spacial score (nSPS) is 12.5. The summed E-state index contributed by atoms with van der Waals surface area (Å²) in [6.07, 6.45) is 0. The molecule has 1 N–H and O–H groups in total. The first kappa shape index (κ1) is 18.6. The summed E-state index contributed by atoms with van der Waals surface area (Å²) in [5.74, 6) is 0.314. The predicted molar refractivity (Wildman–Crippen MR) is 104 cm³/mol. The van der Waals surface area contributed by atoms with Gasteiger partial charge in [0.25, 0.3) is 5.91 Å². The first-order valence-electron chi connectivity index (χ1n) is 7.75. The SMILES string of the molecule is COc1ccc(S(=O)(=O)[C@@H](CNC(=O)c2cccs2)c2cccs2)cc1. The molecule has 0 spiro atoms. The lowest BCUT2D eigenvalue weighted by Gasteiger charge is -2.17. The van der Waals surface area contributed by atoms with Crippen LogP contribution in [-0.4, -0.2) is 28.0 Å². The second-order valence-electron chi connectivity index (χ2n) is 5.41. The molecule has 1 aromatic carbocycles. The number of sulfone groups is 1. The Morgan fingerprint density at radius 2 is 1.77 bits per heavy atom. The molecule has 2 heterocycles. The molecule has 0 aliphatic carbocycles. The van der Waals surface area contributed by atoms with E-state index in [0.29, 0.717) is 15.5 Å². The Kier molecular flexibility index (Phi) is 5.75. The van der Waals surface area contributed by atoms with Crippen molar-refractivity contribution in [3.05, 3.63) is 69.0 Å². The Labute approximate surface area is 160 Å². The number of hydrogen-bond donors (Lipinski definition) is 1. The van der Waals surface area contributed by atoms with E-state index in [2.05, 4.69) is 5.32 Å². The number of carbonyl (C=O) groups excluding carboxylic acids is 1. The fourth-order valence-electron chi connectivity index (χ4n) is 2.45. The van der Waals surface area contributed by atoms with Gasteiger partial charge in [0.1, 0.15) is 11.0 Å². The molecular weight excluding hydrogens is 390 g/mol. The Hall–Kier alpha value is -2.16. The monoisotopic (exact) mass is 407 g/mol. The van der Waals surface area contributed by atoms with Gasteiger partial charge in [-0.3, -0.25) is 4.79 Å². The van der Waals surface area contributed by atoms with Crippen LogP contribution in [0, 0.1) is 0 Å². The van der Waals surface area contributed by atoms with Crippen LogP contribution in [0.1, 0.15) is 19.8 Å². The molecular formula is C18H17NO4S3. The highest BCUT2D eigenvalue weighted by Gasteiger charge is 2.30. The van der Waals surface area contributed by atoms with Crippen LogP contribution in [0.3, 0.4) is 0 Å². The zero-order valence-corrected chi connectivity index (χ0v) is 16.4. The largest absolute Gasteiger partial charge is 0.497 e. The van der Waals surface area contributed by atoms with E-state index in [1.54, 1.807) is 41.8 Å². The molecule has 1 atom stereocenters. The molecule has 2 aromatic heterocycles. The molecule has 5 nitrogen and oxygen atoms in total. The van der Waals surface area contributed by atoms with Gasteiger partial charge in [0.15, 0.2) is 9.84 Å². The third-order valence-electron chi connectivity index (χ3n) is 3.82. The van der Waals surface area contributed by atoms with E-state index in [9.17, 15) is 13.2 Å². The van der Waals surface area contributed by atoms with Gasteiger partial charge in [-0.2, -0.15) is 0 Å². The Bertz CT molecular complexity index is 947. The van der Waals surface area contributed by atoms with Gasteiger partial charge in [-0.15, -0.1) is 22.7 Å². The maximum Gasteiger partial charge on any atom is 0.261 e. The number of nitrogens with one attached hydrogen (secondary N) is 1. The lowest BCUT2D eigenvalue weighted by atomic mass is 10.3. The van der Waals surface area contributed by atoms with E-state index < -0.39 is 15.1 Å². The molecule has 26 heavy (non-hydrogen) atoms. The van der Waals surface area contributed by atoms with Crippen molar-refractivity contribution < 1.29 is 17.9 Å². The maximum absolute atomic E-state index is 13.1. The molecule has 0 saturated heterocycles. The molecule has 0 aliphatic rings. The second-order valence-corrected chi connectivity index (χ2v) is 9.47. The lowest BCUT2D eigenvalue weighted by molar-refractivity contribution is 0.0958. The van der Waals surface area contributed by atoms with Crippen molar-refractivity contribution in [2.45, 2.75) is 10.1 Å². The van der Waals surface area contributed by atoms with Crippen molar-refractivity contribution in [1.29, 1.82) is 0 Å². The summed E-state index contributed by atoms with van der Waals surface area (Å²) >= 11 is 2.67. The van der Waals surface area contributed by atoms with Gasteiger partial charge in [0, 0.05) is 11.4 Å². The van der Waals surface area contributed by atoms with Crippen LogP contribution in [0.15, 0.2) is 64.2 Å². The fraction of sp³-hybridized carbons (Fsp3) is 0.167. The van der Waals surface area contributed by atoms with Gasteiger partial charge in [-0.1, -0.05) is 12.1 Å². The molecule has 0 radical (unpaired) electrons. The molecule has 3 aromatic rings. The molecule has 136 valence electrons. The minimum Gasteiger partial charge on any atom is -0.497 e. The van der Waals surface area contributed by atoms with Gasteiger partial charge in [0.05, 0.1) is 16.9 Å². The van der Waals surface area contributed by atoms with Crippen LogP contribution in [0.25, 0.3) is 0 Å². The van der Waals surface area contributed by atoms with Gasteiger partial charge < -0.3 is 10.1 Å². The summed E-state index contributed by atoms with van der Waals surface area (Å²) in [6, 6.07) is 13.3. The van der Waals surface area contributed by atoms with Crippen LogP contribution in [0.2, 0.25) is 0 Å². The Balaban J connectivity index is 1.86. The molecule has 1 amide bonds. The van der Waals surface area contributed by atoms with Crippen LogP contribution in [0.5, 0.6) is 5.75 Å². The molecule has 8 heteroatoms. The van der Waals surface area contributed by atoms with Crippen molar-refractivity contribution in [2.24, 2.45) is 0 Å². The smallest absolute Gasteiger partial charge is 0.261 e. The third kappa shape index (κ3) is 3.98.